The van der Waals surface area contributed by atoms with Crippen LogP contribution >= 0.6 is 0 Å². The number of hydrogen-bond donors (Lipinski definition) is 0. The molecule has 0 bridgehead atoms. The fourth-order valence-electron chi connectivity index (χ4n) is 4.82. The lowest BCUT2D eigenvalue weighted by Gasteiger charge is -2.50. The lowest BCUT2D eigenvalue weighted by atomic mass is 9.67. The van der Waals surface area contributed by atoms with E-state index in [4.69, 9.17) is 4.65 Å². The summed E-state index contributed by atoms with van der Waals surface area (Å²) in [6.07, 6.45) is 2.78. The average molecular weight is 489 g/mol. The van der Waals surface area contributed by atoms with Crippen molar-refractivity contribution in [2.45, 2.75) is 58.5 Å². The highest BCUT2D eigenvalue weighted by Gasteiger charge is 2.44. The molecule has 5 heteroatoms. The third-order valence-corrected chi connectivity index (χ3v) is 6.27. The zero-order valence-corrected chi connectivity index (χ0v) is 23.4. The Hall–Kier alpha value is -2.44. The number of rotatable bonds is 9. The van der Waals surface area contributed by atoms with Crippen LogP contribution in [0.4, 0.5) is 0 Å². The molecule has 3 rings (SSSR count). The van der Waals surface area contributed by atoms with Crippen molar-refractivity contribution in [3.63, 3.8) is 0 Å². The molecule has 3 aromatic carbocycles. The van der Waals surface area contributed by atoms with Crippen molar-refractivity contribution in [1.82, 2.24) is 0 Å². The molecule has 0 heterocycles. The van der Waals surface area contributed by atoms with Gasteiger partial charge in [-0.2, -0.15) is 0 Å². The van der Waals surface area contributed by atoms with Crippen LogP contribution in [0.25, 0.3) is 0 Å². The number of quaternary nitrogens is 1. The first kappa shape index (κ1) is 29.8. The minimum atomic E-state index is -2.41. The smallest absolute Gasteiger partial charge is 0.107 e. The Morgan fingerprint density at radius 3 is 1.56 bits per heavy atom. The lowest BCUT2D eigenvalue weighted by Crippen LogP contribution is -2.55. The van der Waals surface area contributed by atoms with Gasteiger partial charge in [0.15, 0.2) is 0 Å². The van der Waals surface area contributed by atoms with Gasteiger partial charge in [-0.3, -0.25) is 0 Å². The van der Waals surface area contributed by atoms with Gasteiger partial charge in [0.05, 0.1) is 35.5 Å². The summed E-state index contributed by atoms with van der Waals surface area (Å²) in [5, 5.41) is 24.5. The van der Waals surface area contributed by atoms with Crippen LogP contribution in [0.2, 0.25) is 0 Å². The molecule has 0 saturated carbocycles. The van der Waals surface area contributed by atoms with Crippen LogP contribution in [0.3, 0.4) is 0 Å². The van der Waals surface area contributed by atoms with E-state index in [0.717, 1.165) is 57.1 Å². The Bertz CT molecular complexity index is 1040. The van der Waals surface area contributed by atoms with E-state index in [1.165, 1.54) is 0 Å². The van der Waals surface area contributed by atoms with Gasteiger partial charge >= 0.3 is 0 Å². The summed E-state index contributed by atoms with van der Waals surface area (Å²) >= 11 is 0. The third kappa shape index (κ3) is 7.78. The summed E-state index contributed by atoms with van der Waals surface area (Å²) < 4.78 is 7.03. The predicted octanol–water partition coefficient (Wildman–Crippen LogP) is 4.87. The number of benzene rings is 3. The zero-order valence-electron chi connectivity index (χ0n) is 23.4. The maximum Gasteiger partial charge on any atom is 0.107 e. The van der Waals surface area contributed by atoms with Crippen molar-refractivity contribution in [2.75, 3.05) is 28.2 Å². The molecule has 0 spiro atoms. The van der Waals surface area contributed by atoms with Crippen LogP contribution in [0.1, 0.15) is 65.5 Å². The van der Waals surface area contributed by atoms with E-state index in [9.17, 15) is 10.0 Å². The number of unbranched alkanes of at least 4 members (excludes halogenated alkanes) is 1. The van der Waals surface area contributed by atoms with E-state index in [1.807, 2.05) is 74.5 Å². The maximum absolute atomic E-state index is 12.2. The molecular weight excluding hydrogens is 445 g/mol. The number of nitrogens with zero attached hydrogens (tertiary/aromatic N) is 1. The third-order valence-electron chi connectivity index (χ3n) is 6.27. The largest absolute Gasteiger partial charge is 0.871 e. The fraction of sp³-hybridized carbons (Fsp3) is 0.419. The predicted molar refractivity (Wildman–Crippen MR) is 147 cm³/mol. The van der Waals surface area contributed by atoms with Gasteiger partial charge in [0.1, 0.15) is 5.60 Å². The van der Waals surface area contributed by atoms with Crippen LogP contribution in [-0.2, 0) is 10.3 Å². The molecule has 0 aromatic heterocycles. The van der Waals surface area contributed by atoms with E-state index in [-0.39, 0.29) is 5.92 Å². The van der Waals surface area contributed by atoms with Crippen molar-refractivity contribution in [3.05, 3.63) is 106 Å². The summed E-state index contributed by atoms with van der Waals surface area (Å²) in [6, 6.07) is 24.1. The highest BCUT2D eigenvalue weighted by Crippen LogP contribution is 2.50. The van der Waals surface area contributed by atoms with Crippen molar-refractivity contribution in [3.8, 4) is 0 Å². The van der Waals surface area contributed by atoms with Crippen LogP contribution < -0.4 is 10.0 Å². The highest BCUT2D eigenvalue weighted by atomic mass is 16.6. The van der Waals surface area contributed by atoms with E-state index >= 15 is 0 Å². The van der Waals surface area contributed by atoms with Gasteiger partial charge in [-0.05, 0) is 60.6 Å². The van der Waals surface area contributed by atoms with Gasteiger partial charge in [-0.25, -0.2) is 0 Å². The van der Waals surface area contributed by atoms with Gasteiger partial charge in [0.25, 0.3) is 0 Å². The first-order chi connectivity index (χ1) is 16.9. The van der Waals surface area contributed by atoms with Gasteiger partial charge in [-0.15, -0.1) is 0 Å². The molecule has 0 fully saturated rings. The lowest BCUT2D eigenvalue weighted by molar-refractivity contribution is -0.849. The van der Waals surface area contributed by atoms with Gasteiger partial charge in [0.2, 0.25) is 0 Å². The molecule has 0 aliphatic rings. The number of aryl methyl sites for hydroxylation is 3. The second kappa shape index (κ2) is 13.2. The van der Waals surface area contributed by atoms with Crippen molar-refractivity contribution in [2.24, 2.45) is 0 Å². The molecule has 4 nitrogen and oxygen atoms in total. The first-order valence-corrected chi connectivity index (χ1v) is 12.9. The van der Waals surface area contributed by atoms with Gasteiger partial charge in [0, 0.05) is 5.92 Å². The SMILES string of the molecule is CCCCC(c1ccccc1C)C(OB([O-])[O-])(c1ccccc1C)c1ccccc1C.C[N+](C)(C)C. The Balaban J connectivity index is 0.000000830. The van der Waals surface area contributed by atoms with Crippen LogP contribution in [0.5, 0.6) is 0 Å². The maximum atomic E-state index is 12.2. The molecule has 1 unspecified atom stereocenters. The second-order valence-corrected chi connectivity index (χ2v) is 11.0. The molecule has 0 radical (unpaired) electrons. The van der Waals surface area contributed by atoms with E-state index in [1.54, 1.807) is 0 Å². The Kier molecular flexibility index (Phi) is 10.9. The summed E-state index contributed by atoms with van der Waals surface area (Å²) in [5.41, 5.74) is 4.83. The topological polar surface area (TPSA) is 55.3 Å². The van der Waals surface area contributed by atoms with Crippen molar-refractivity contribution in [1.29, 1.82) is 0 Å². The van der Waals surface area contributed by atoms with E-state index < -0.39 is 12.9 Å². The fourth-order valence-corrected chi connectivity index (χ4v) is 4.82. The first-order valence-electron chi connectivity index (χ1n) is 12.9. The van der Waals surface area contributed by atoms with Crippen LogP contribution in [-0.4, -0.2) is 40.0 Å². The molecular formula is C31H43BNO3-. The molecule has 0 saturated heterocycles. The average Bonchev–Trinajstić information content (AvgIpc) is 2.79. The van der Waals surface area contributed by atoms with Crippen LogP contribution in [0, 0.1) is 20.8 Å². The quantitative estimate of drug-likeness (QED) is 0.319. The van der Waals surface area contributed by atoms with Gasteiger partial charge in [-0.1, -0.05) is 92.6 Å². The molecule has 0 amide bonds. The number of hydrogen-bond acceptors (Lipinski definition) is 3. The summed E-state index contributed by atoms with van der Waals surface area (Å²) in [4.78, 5) is 0. The molecule has 1 atom stereocenters. The standard InChI is InChI=1S/C27H31BO3.C4H12N/c1-5-6-17-26(23-16-10-7-13-20(23)2)27(31-28(29)30,24-18-11-8-14-21(24)3)25-19-12-9-15-22(25)4;1-5(2,3)4/h7-16,18-19,26H,5-6,17H2,1-4H3;1-4H3/q-2;+1. The monoisotopic (exact) mass is 488 g/mol. The Labute approximate surface area is 219 Å². The molecule has 0 N–H and O–H groups in total. The zero-order chi connectivity index (χ0) is 26.9. The molecule has 3 aromatic rings. The Morgan fingerprint density at radius 1 is 0.750 bits per heavy atom. The Morgan fingerprint density at radius 2 is 1.17 bits per heavy atom. The minimum Gasteiger partial charge on any atom is -0.871 e. The highest BCUT2D eigenvalue weighted by molar-refractivity contribution is 6.28. The molecule has 36 heavy (non-hydrogen) atoms. The van der Waals surface area contributed by atoms with Crippen molar-refractivity contribution < 1.29 is 19.2 Å². The molecule has 0 aliphatic carbocycles. The van der Waals surface area contributed by atoms with Gasteiger partial charge < -0.3 is 19.2 Å². The molecule has 0 aliphatic heterocycles. The second-order valence-electron chi connectivity index (χ2n) is 11.0. The summed E-state index contributed by atoms with van der Waals surface area (Å²) in [7, 11) is 6.09. The normalized spacial score (nSPS) is 12.5. The summed E-state index contributed by atoms with van der Waals surface area (Å²) in [5.74, 6) is -0.179. The minimum absolute atomic E-state index is 0.179. The molecule has 194 valence electrons. The van der Waals surface area contributed by atoms with Crippen LogP contribution in [0.15, 0.2) is 72.8 Å². The van der Waals surface area contributed by atoms with E-state index in [0.29, 0.717) is 0 Å². The van der Waals surface area contributed by atoms with E-state index in [2.05, 4.69) is 54.2 Å². The summed E-state index contributed by atoms with van der Waals surface area (Å²) in [6.45, 7) is 8.28. The van der Waals surface area contributed by atoms with Crippen molar-refractivity contribution >= 4 is 7.32 Å².